The third kappa shape index (κ3) is 8.85. The molecule has 55 heavy (non-hydrogen) atoms. The van der Waals surface area contributed by atoms with Gasteiger partial charge in [0, 0.05) is 36.3 Å². The number of para-hydroxylation sites is 1. The third-order valence-electron chi connectivity index (χ3n) is 10.6. The molecule has 4 aromatic rings. The zero-order valence-electron chi connectivity index (χ0n) is 31.0. The molecule has 4 amide bonds. The number of nitrogens with zero attached hydrogens (tertiary/aromatic N) is 2. The maximum absolute atomic E-state index is 14.0. The van der Waals surface area contributed by atoms with Gasteiger partial charge in [0.1, 0.15) is 29.3 Å². The van der Waals surface area contributed by atoms with Crippen LogP contribution in [0.3, 0.4) is 0 Å². The van der Waals surface area contributed by atoms with E-state index in [-0.39, 0.29) is 30.7 Å². The topological polar surface area (TPSA) is 191 Å². The number of furan rings is 1. The van der Waals surface area contributed by atoms with E-state index in [1.165, 1.54) is 11.8 Å². The number of hydrogen-bond donors (Lipinski definition) is 3. The van der Waals surface area contributed by atoms with E-state index in [9.17, 15) is 27.6 Å². The van der Waals surface area contributed by atoms with Gasteiger partial charge in [0.15, 0.2) is 11.3 Å². The van der Waals surface area contributed by atoms with Gasteiger partial charge in [-0.2, -0.15) is 0 Å². The van der Waals surface area contributed by atoms with Gasteiger partial charge in [0.25, 0.3) is 0 Å². The smallest absolute Gasteiger partial charge is 0.245 e. The molecule has 2 aromatic heterocycles. The van der Waals surface area contributed by atoms with E-state index in [4.69, 9.17) is 19.9 Å². The summed E-state index contributed by atoms with van der Waals surface area (Å²) in [5.74, 6) is -1.65. The maximum Gasteiger partial charge on any atom is 0.245 e. The first-order valence-electron chi connectivity index (χ1n) is 19.0. The normalized spacial score (nSPS) is 21.5. The molecule has 7 rings (SSSR count). The summed E-state index contributed by atoms with van der Waals surface area (Å²) in [6, 6.07) is 15.7. The standard InChI is InChI=1S/C41H47N5O8S/c1-24-14-16-26(17-15-24)33-22-36(38-37(44-33)30-11-8-9-13-35(30)54-38)53-28-21-34(39(42)48)46(23-28)41(50)32(43-25(2)47)12-7-5-3-4-6-10-27-20-31(27)40(49)45-55(51,52)29-18-19-29/h6,8-11,13-17,22,27-29,31-32,34H,3-5,7,12,18-21,23H2,1-2H3,(H2,42,48)(H,43,47)(H,45,49)/b10-6-/t27-,28-,31+,32+,34+/m1/s1. The van der Waals surface area contributed by atoms with E-state index in [1.54, 1.807) is 0 Å². The van der Waals surface area contributed by atoms with Crippen LogP contribution in [0.25, 0.3) is 33.3 Å². The molecule has 2 aromatic carbocycles. The number of benzene rings is 2. The lowest BCUT2D eigenvalue weighted by Crippen LogP contribution is -2.52. The van der Waals surface area contributed by atoms with E-state index in [0.717, 1.165) is 35.8 Å². The van der Waals surface area contributed by atoms with Crippen molar-refractivity contribution in [3.63, 3.8) is 0 Å². The van der Waals surface area contributed by atoms with Gasteiger partial charge in [0.2, 0.25) is 33.7 Å². The number of nitrogens with two attached hydrogens (primary N) is 1. The third-order valence-corrected chi connectivity index (χ3v) is 12.4. The van der Waals surface area contributed by atoms with E-state index < -0.39 is 51.2 Å². The highest BCUT2D eigenvalue weighted by atomic mass is 32.2. The minimum atomic E-state index is -3.53. The van der Waals surface area contributed by atoms with Gasteiger partial charge in [-0.25, -0.2) is 13.4 Å². The maximum atomic E-state index is 14.0. The Morgan fingerprint density at radius 1 is 1.05 bits per heavy atom. The number of aromatic nitrogens is 1. The van der Waals surface area contributed by atoms with Gasteiger partial charge in [-0.3, -0.25) is 23.9 Å². The van der Waals surface area contributed by atoms with Crippen LogP contribution < -0.4 is 20.5 Å². The van der Waals surface area contributed by atoms with Crippen LogP contribution in [0.15, 0.2) is 71.2 Å². The summed E-state index contributed by atoms with van der Waals surface area (Å²) < 4.78 is 39.1. The summed E-state index contributed by atoms with van der Waals surface area (Å²) in [6.07, 6.45) is 8.81. The molecule has 3 aliphatic rings. The van der Waals surface area contributed by atoms with E-state index in [2.05, 4.69) is 10.0 Å². The van der Waals surface area contributed by atoms with Gasteiger partial charge in [-0.15, -0.1) is 0 Å². The monoisotopic (exact) mass is 769 g/mol. The Labute approximate surface area is 320 Å². The number of primary amides is 1. The molecule has 1 saturated heterocycles. The molecule has 0 bridgehead atoms. The van der Waals surface area contributed by atoms with E-state index in [1.807, 2.05) is 73.7 Å². The molecule has 2 saturated carbocycles. The zero-order valence-corrected chi connectivity index (χ0v) is 31.8. The fourth-order valence-corrected chi connectivity index (χ4v) is 8.71. The molecule has 5 atom stereocenters. The van der Waals surface area contributed by atoms with Crippen molar-refractivity contribution in [1.29, 1.82) is 0 Å². The first-order valence-corrected chi connectivity index (χ1v) is 20.6. The number of allylic oxidation sites excluding steroid dienone is 2. The number of unbranched alkanes of at least 4 members (excludes halogenated alkanes) is 3. The summed E-state index contributed by atoms with van der Waals surface area (Å²) in [7, 11) is -3.53. The molecule has 3 fully saturated rings. The predicted molar refractivity (Wildman–Crippen MR) is 207 cm³/mol. The van der Waals surface area contributed by atoms with Crippen molar-refractivity contribution in [2.24, 2.45) is 17.6 Å². The lowest BCUT2D eigenvalue weighted by molar-refractivity contribution is -0.140. The number of rotatable bonds is 16. The highest BCUT2D eigenvalue weighted by molar-refractivity contribution is 7.90. The molecule has 0 spiro atoms. The minimum absolute atomic E-state index is 0.0428. The molecular formula is C41H47N5O8S. The number of nitrogens with one attached hydrogen (secondary N) is 2. The quantitative estimate of drug-likeness (QED) is 0.103. The second-order valence-electron chi connectivity index (χ2n) is 15.1. The number of carbonyl (C=O) groups excluding carboxylic acids is 4. The highest BCUT2D eigenvalue weighted by Gasteiger charge is 2.45. The van der Waals surface area contributed by atoms with Gasteiger partial charge >= 0.3 is 0 Å². The molecule has 4 N–H and O–H groups in total. The summed E-state index contributed by atoms with van der Waals surface area (Å²) in [4.78, 5) is 57.6. The lowest BCUT2D eigenvalue weighted by atomic mass is 10.0. The number of carbonyl (C=O) groups is 4. The summed E-state index contributed by atoms with van der Waals surface area (Å²) >= 11 is 0. The first kappa shape index (κ1) is 38.1. The van der Waals surface area contributed by atoms with Gasteiger partial charge in [0.05, 0.1) is 17.5 Å². The SMILES string of the molecule is CC(=O)N[C@@H](CCCCC/C=C\[C@@H]1C[C@@H]1C(=O)NS(=O)(=O)C1CC1)C(=O)N1C[C@H](Oc2cc(-c3ccc(C)cc3)nc3c2oc2ccccc23)C[C@H]1C(N)=O. The Morgan fingerprint density at radius 2 is 1.82 bits per heavy atom. The molecule has 1 aliphatic heterocycles. The number of likely N-dealkylation sites (tertiary alicyclic amines) is 1. The number of amides is 4. The molecule has 0 radical (unpaired) electrons. The Hall–Kier alpha value is -5.24. The van der Waals surface area contributed by atoms with Crippen molar-refractivity contribution in [3.8, 4) is 17.0 Å². The number of hydrogen-bond acceptors (Lipinski definition) is 9. The van der Waals surface area contributed by atoms with Crippen molar-refractivity contribution >= 4 is 55.7 Å². The summed E-state index contributed by atoms with van der Waals surface area (Å²) in [5.41, 5.74) is 10.3. The highest BCUT2D eigenvalue weighted by Crippen LogP contribution is 2.41. The molecule has 3 heterocycles. The summed E-state index contributed by atoms with van der Waals surface area (Å²) in [6.45, 7) is 3.46. The Morgan fingerprint density at radius 3 is 2.55 bits per heavy atom. The molecular weight excluding hydrogens is 723 g/mol. The fourth-order valence-electron chi connectivity index (χ4n) is 7.36. The van der Waals surface area contributed by atoms with Crippen molar-refractivity contribution < 1.29 is 36.7 Å². The first-order chi connectivity index (χ1) is 26.4. The largest absolute Gasteiger partial charge is 0.484 e. The Balaban J connectivity index is 0.970. The molecule has 2 aliphatic carbocycles. The second kappa shape index (κ2) is 15.9. The summed E-state index contributed by atoms with van der Waals surface area (Å²) in [5, 5.41) is 3.18. The molecule has 290 valence electrons. The van der Waals surface area contributed by atoms with Gasteiger partial charge in [-0.1, -0.05) is 67.0 Å². The van der Waals surface area contributed by atoms with Crippen LogP contribution in [0.4, 0.5) is 0 Å². The van der Waals surface area contributed by atoms with Crippen molar-refractivity contribution in [2.45, 2.75) is 95.1 Å². The van der Waals surface area contributed by atoms with Crippen LogP contribution in [-0.2, 0) is 29.2 Å². The van der Waals surface area contributed by atoms with Gasteiger partial charge in [-0.05, 0) is 63.5 Å². The van der Waals surface area contributed by atoms with Crippen molar-refractivity contribution in [2.75, 3.05) is 6.54 Å². The van der Waals surface area contributed by atoms with Crippen molar-refractivity contribution in [3.05, 3.63) is 72.3 Å². The molecule has 13 nitrogen and oxygen atoms in total. The number of ether oxygens (including phenoxy) is 1. The number of fused-ring (bicyclic) bond motifs is 3. The zero-order chi connectivity index (χ0) is 38.9. The average molecular weight is 770 g/mol. The number of aryl methyl sites for hydroxylation is 1. The van der Waals surface area contributed by atoms with E-state index >= 15 is 0 Å². The van der Waals surface area contributed by atoms with Crippen LogP contribution in [0, 0.1) is 18.8 Å². The Bertz CT molecular complexity index is 2250. The minimum Gasteiger partial charge on any atom is -0.484 e. The van der Waals surface area contributed by atoms with Crippen LogP contribution in [0.2, 0.25) is 0 Å². The Kier molecular flexibility index (Phi) is 11.0. The number of pyridine rings is 1. The van der Waals surface area contributed by atoms with E-state index in [0.29, 0.717) is 60.2 Å². The van der Waals surface area contributed by atoms with Gasteiger partial charge < -0.3 is 25.1 Å². The van der Waals surface area contributed by atoms with Crippen molar-refractivity contribution in [1.82, 2.24) is 19.9 Å². The second-order valence-corrected chi connectivity index (χ2v) is 17.0. The molecule has 0 unspecified atom stereocenters. The molecule has 14 heteroatoms. The van der Waals surface area contributed by atoms with Crippen LogP contribution in [-0.4, -0.2) is 71.9 Å². The average Bonchev–Trinajstić information content (AvgIpc) is 4.07. The lowest BCUT2D eigenvalue weighted by Gasteiger charge is -2.27. The van der Waals surface area contributed by atoms with Crippen LogP contribution >= 0.6 is 0 Å². The predicted octanol–water partition coefficient (Wildman–Crippen LogP) is 5.05. The van der Waals surface area contributed by atoms with Crippen LogP contribution in [0.5, 0.6) is 5.75 Å². The number of sulfonamides is 1. The van der Waals surface area contributed by atoms with Crippen LogP contribution in [0.1, 0.15) is 70.3 Å². The fraction of sp³-hybridized carbons (Fsp3) is 0.439.